The zero-order valence-corrected chi connectivity index (χ0v) is 18.4. The van der Waals surface area contributed by atoms with Gasteiger partial charge < -0.3 is 9.74 Å². The lowest BCUT2D eigenvalue weighted by molar-refractivity contribution is -0.0273. The summed E-state index contributed by atoms with van der Waals surface area (Å²) in [6.07, 6.45) is 5.48. The van der Waals surface area contributed by atoms with Crippen LogP contribution in [0.1, 0.15) is 23.7 Å². The van der Waals surface area contributed by atoms with Gasteiger partial charge in [-0.2, -0.15) is 0 Å². The molecule has 0 atom stereocenters. The number of benzene rings is 1. The smallest absolute Gasteiger partial charge is 0.159 e. The molecular weight excluding hydrogens is 424 g/mol. The Balaban J connectivity index is 1.20. The molecule has 2 saturated heterocycles. The summed E-state index contributed by atoms with van der Waals surface area (Å²) in [6, 6.07) is 11.6. The third-order valence-corrected chi connectivity index (χ3v) is 6.15. The summed E-state index contributed by atoms with van der Waals surface area (Å²) in [7, 11) is 0. The van der Waals surface area contributed by atoms with Gasteiger partial charge >= 0.3 is 0 Å². The molecule has 33 heavy (non-hydrogen) atoms. The molecule has 0 aliphatic carbocycles. The van der Waals surface area contributed by atoms with Crippen LogP contribution in [0.15, 0.2) is 66.2 Å². The molecule has 8 heteroatoms. The van der Waals surface area contributed by atoms with Crippen LogP contribution in [0.2, 0.25) is 0 Å². The number of nitrogens with zero attached hydrogens (tertiary/aromatic N) is 5. The molecular formula is C25H25F2N5O. The molecule has 5 rings (SSSR count). The maximum absolute atomic E-state index is 13.7. The Kier molecular flexibility index (Phi) is 5.76. The van der Waals surface area contributed by atoms with Crippen molar-refractivity contribution >= 4 is 11.4 Å². The van der Waals surface area contributed by atoms with E-state index in [4.69, 9.17) is 4.84 Å². The lowest BCUT2D eigenvalue weighted by Crippen LogP contribution is -2.71. The van der Waals surface area contributed by atoms with Gasteiger partial charge in [-0.05, 0) is 48.9 Å². The van der Waals surface area contributed by atoms with E-state index in [2.05, 4.69) is 37.1 Å². The van der Waals surface area contributed by atoms with Crippen LogP contribution in [0, 0.1) is 17.0 Å². The summed E-state index contributed by atoms with van der Waals surface area (Å²) in [5.74, 6) is -1.83. The third-order valence-electron chi connectivity index (χ3n) is 6.15. The summed E-state index contributed by atoms with van der Waals surface area (Å²) < 4.78 is 27.1. The number of anilines is 1. The number of halogens is 2. The Morgan fingerprint density at radius 3 is 2.48 bits per heavy atom. The lowest BCUT2D eigenvalue weighted by atomic mass is 9.72. The fraction of sp³-hybridized carbons (Fsp3) is 0.320. The first kappa shape index (κ1) is 21.5. The topological polar surface area (TPSA) is 53.9 Å². The lowest BCUT2D eigenvalue weighted by Gasteiger charge is -2.61. The molecule has 3 aromatic rings. The van der Waals surface area contributed by atoms with Crippen molar-refractivity contribution in [3.8, 4) is 0 Å². The molecule has 0 amide bonds. The average Bonchev–Trinajstić information content (AvgIpc) is 2.78. The van der Waals surface area contributed by atoms with E-state index >= 15 is 0 Å². The van der Waals surface area contributed by atoms with Crippen molar-refractivity contribution in [1.29, 1.82) is 0 Å². The number of likely N-dealkylation sites (tertiary alicyclic amines) is 1. The first-order valence-corrected chi connectivity index (χ1v) is 11.0. The van der Waals surface area contributed by atoms with E-state index in [1.807, 2.05) is 30.7 Å². The molecule has 0 saturated carbocycles. The SMILES string of the molecule is CCON=C(c1ccc(F)c(F)c1)c1ccc(CN2CC3(C2)CN(c2ccncc2)C3)cn1. The quantitative estimate of drug-likeness (QED) is 0.405. The molecule has 2 aliphatic rings. The second-order valence-electron chi connectivity index (χ2n) is 8.74. The maximum Gasteiger partial charge on any atom is 0.159 e. The normalized spacial score (nSPS) is 17.5. The summed E-state index contributed by atoms with van der Waals surface area (Å²) in [4.78, 5) is 18.6. The number of pyridine rings is 2. The van der Waals surface area contributed by atoms with Gasteiger partial charge in [0.2, 0.25) is 0 Å². The van der Waals surface area contributed by atoms with E-state index in [0.29, 0.717) is 29.0 Å². The zero-order valence-electron chi connectivity index (χ0n) is 18.4. The summed E-state index contributed by atoms with van der Waals surface area (Å²) in [6.45, 7) is 7.30. The van der Waals surface area contributed by atoms with Crippen LogP contribution < -0.4 is 4.90 Å². The molecule has 1 spiro atoms. The largest absolute Gasteiger partial charge is 0.396 e. The van der Waals surface area contributed by atoms with Crippen molar-refractivity contribution in [3.63, 3.8) is 0 Å². The minimum absolute atomic E-state index is 0.362. The molecule has 2 aromatic heterocycles. The van der Waals surface area contributed by atoms with Gasteiger partial charge in [0.05, 0.1) is 5.69 Å². The number of hydrogen-bond acceptors (Lipinski definition) is 6. The molecule has 2 fully saturated rings. The average molecular weight is 450 g/mol. The van der Waals surface area contributed by atoms with Gasteiger partial charge in [-0.3, -0.25) is 14.9 Å². The van der Waals surface area contributed by atoms with Gasteiger partial charge in [0.15, 0.2) is 11.6 Å². The second kappa shape index (κ2) is 8.86. The van der Waals surface area contributed by atoms with Crippen LogP contribution in [0.4, 0.5) is 14.5 Å². The Morgan fingerprint density at radius 2 is 1.82 bits per heavy atom. The van der Waals surface area contributed by atoms with E-state index in [-0.39, 0.29) is 0 Å². The van der Waals surface area contributed by atoms with Crippen LogP contribution in [0.5, 0.6) is 0 Å². The van der Waals surface area contributed by atoms with Crippen molar-refractivity contribution in [2.75, 3.05) is 37.7 Å². The number of oxime groups is 1. The van der Waals surface area contributed by atoms with E-state index < -0.39 is 11.6 Å². The highest BCUT2D eigenvalue weighted by molar-refractivity contribution is 6.11. The standard InChI is InChI=1S/C25H25F2N5O/c1-2-33-30-24(19-4-5-21(26)22(27)11-19)23-6-3-18(12-29-23)13-31-14-25(15-31)16-32(17-25)20-7-9-28-10-8-20/h3-12H,2,13-17H2,1H3. The second-order valence-corrected chi connectivity index (χ2v) is 8.74. The minimum atomic E-state index is -0.932. The molecule has 1 aromatic carbocycles. The maximum atomic E-state index is 13.7. The van der Waals surface area contributed by atoms with Crippen LogP contribution in [-0.4, -0.2) is 53.4 Å². The monoisotopic (exact) mass is 449 g/mol. The predicted octanol–water partition coefficient (Wildman–Crippen LogP) is 3.87. The van der Waals surface area contributed by atoms with Gasteiger partial charge in [-0.15, -0.1) is 0 Å². The molecule has 0 unspecified atom stereocenters. The van der Waals surface area contributed by atoms with E-state index in [1.54, 1.807) is 6.92 Å². The number of hydrogen-bond donors (Lipinski definition) is 0. The van der Waals surface area contributed by atoms with Crippen LogP contribution in [0.3, 0.4) is 0 Å². The van der Waals surface area contributed by atoms with Crippen molar-refractivity contribution in [3.05, 3.63) is 89.5 Å². The van der Waals surface area contributed by atoms with Crippen LogP contribution >= 0.6 is 0 Å². The van der Waals surface area contributed by atoms with Gasteiger partial charge in [0, 0.05) is 68.0 Å². The Morgan fingerprint density at radius 1 is 1.03 bits per heavy atom. The van der Waals surface area contributed by atoms with Crippen molar-refractivity contribution < 1.29 is 13.6 Å². The first-order valence-electron chi connectivity index (χ1n) is 11.0. The van der Waals surface area contributed by atoms with Gasteiger partial charge in [-0.1, -0.05) is 11.2 Å². The fourth-order valence-electron chi connectivity index (χ4n) is 4.65. The van der Waals surface area contributed by atoms with Crippen molar-refractivity contribution in [2.24, 2.45) is 10.6 Å². The first-order chi connectivity index (χ1) is 16.0. The molecule has 170 valence electrons. The number of rotatable bonds is 7. The molecule has 0 radical (unpaired) electrons. The summed E-state index contributed by atoms with van der Waals surface area (Å²) in [5.41, 5.74) is 4.05. The van der Waals surface area contributed by atoms with Gasteiger partial charge in [0.1, 0.15) is 12.3 Å². The molecule has 0 bridgehead atoms. The summed E-state index contributed by atoms with van der Waals surface area (Å²) >= 11 is 0. The molecule has 4 heterocycles. The van der Waals surface area contributed by atoms with Crippen molar-refractivity contribution in [1.82, 2.24) is 14.9 Å². The van der Waals surface area contributed by atoms with Crippen LogP contribution in [0.25, 0.3) is 0 Å². The Bertz CT molecular complexity index is 1140. The van der Waals surface area contributed by atoms with Gasteiger partial charge in [-0.25, -0.2) is 8.78 Å². The minimum Gasteiger partial charge on any atom is -0.396 e. The predicted molar refractivity (Wildman–Crippen MR) is 122 cm³/mol. The third kappa shape index (κ3) is 4.43. The molecule has 6 nitrogen and oxygen atoms in total. The number of aromatic nitrogens is 2. The molecule has 2 aliphatic heterocycles. The Hall–Kier alpha value is -3.39. The molecule has 0 N–H and O–H groups in total. The highest BCUT2D eigenvalue weighted by Gasteiger charge is 2.51. The van der Waals surface area contributed by atoms with E-state index in [1.165, 1.54) is 11.8 Å². The Labute approximate surface area is 191 Å². The van der Waals surface area contributed by atoms with Crippen LogP contribution in [-0.2, 0) is 11.4 Å². The van der Waals surface area contributed by atoms with Crippen molar-refractivity contribution in [2.45, 2.75) is 13.5 Å². The van der Waals surface area contributed by atoms with E-state index in [0.717, 1.165) is 50.4 Å². The van der Waals surface area contributed by atoms with Gasteiger partial charge in [0.25, 0.3) is 0 Å². The highest BCUT2D eigenvalue weighted by atomic mass is 19.2. The zero-order chi connectivity index (χ0) is 22.8. The summed E-state index contributed by atoms with van der Waals surface area (Å²) in [5, 5.41) is 4.09. The van der Waals surface area contributed by atoms with E-state index in [9.17, 15) is 8.78 Å². The fourth-order valence-corrected chi connectivity index (χ4v) is 4.65. The highest BCUT2D eigenvalue weighted by Crippen LogP contribution is 2.42.